The molecule has 1 aliphatic rings. The van der Waals surface area contributed by atoms with E-state index in [1.54, 1.807) is 12.4 Å². The summed E-state index contributed by atoms with van der Waals surface area (Å²) < 4.78 is 2.00. The number of rotatable bonds is 1. The van der Waals surface area contributed by atoms with Crippen LogP contribution in [-0.4, -0.2) is 45.5 Å². The molecule has 3 aromatic heterocycles. The molecule has 6 nitrogen and oxygen atoms in total. The second-order valence-corrected chi connectivity index (χ2v) is 4.67. The van der Waals surface area contributed by atoms with E-state index in [0.29, 0.717) is 0 Å². The number of nitrogens with zero attached hydrogens (tertiary/aromatic N) is 5. The molecule has 6 heteroatoms. The summed E-state index contributed by atoms with van der Waals surface area (Å²) in [5, 5.41) is 3.34. The highest BCUT2D eigenvalue weighted by Crippen LogP contribution is 2.17. The summed E-state index contributed by atoms with van der Waals surface area (Å²) in [6.07, 6.45) is 5.59. The van der Waals surface area contributed by atoms with E-state index in [1.165, 1.54) is 0 Å². The van der Waals surface area contributed by atoms with Gasteiger partial charge in [0.1, 0.15) is 11.3 Å². The van der Waals surface area contributed by atoms with Crippen LogP contribution in [-0.2, 0) is 0 Å². The molecule has 1 N–H and O–H groups in total. The second kappa shape index (κ2) is 4.17. The van der Waals surface area contributed by atoms with Gasteiger partial charge in [0.15, 0.2) is 0 Å². The number of hydrogen-bond acceptors (Lipinski definition) is 5. The molecule has 0 spiro atoms. The lowest BCUT2D eigenvalue weighted by molar-refractivity contribution is 0.585. The van der Waals surface area contributed by atoms with Gasteiger partial charge in [-0.3, -0.25) is 9.38 Å². The van der Waals surface area contributed by atoms with E-state index in [-0.39, 0.29) is 0 Å². The summed E-state index contributed by atoms with van der Waals surface area (Å²) in [6.45, 7) is 4.00. The molecule has 0 radical (unpaired) electrons. The van der Waals surface area contributed by atoms with Crippen molar-refractivity contribution in [3.63, 3.8) is 0 Å². The van der Waals surface area contributed by atoms with Crippen molar-refractivity contribution in [2.24, 2.45) is 0 Å². The Kier molecular flexibility index (Phi) is 2.34. The summed E-state index contributed by atoms with van der Waals surface area (Å²) in [7, 11) is 0. The van der Waals surface area contributed by atoms with Crippen molar-refractivity contribution in [3.05, 3.63) is 30.7 Å². The Morgan fingerprint density at radius 1 is 1.11 bits per heavy atom. The van der Waals surface area contributed by atoms with Crippen LogP contribution in [0.2, 0.25) is 0 Å². The Bertz CT molecular complexity index is 728. The van der Waals surface area contributed by atoms with Gasteiger partial charge in [-0.1, -0.05) is 0 Å². The van der Waals surface area contributed by atoms with Gasteiger partial charge in [-0.25, -0.2) is 4.98 Å². The zero-order valence-corrected chi connectivity index (χ0v) is 10.5. The number of hydrogen-bond donors (Lipinski definition) is 1. The van der Waals surface area contributed by atoms with E-state index in [9.17, 15) is 0 Å². The highest BCUT2D eigenvalue weighted by molar-refractivity contribution is 5.78. The van der Waals surface area contributed by atoms with Crippen LogP contribution < -0.4 is 10.2 Å². The van der Waals surface area contributed by atoms with Crippen LogP contribution in [0.5, 0.6) is 0 Å². The van der Waals surface area contributed by atoms with E-state index in [2.05, 4.69) is 31.2 Å². The van der Waals surface area contributed by atoms with Crippen LogP contribution in [0.25, 0.3) is 16.8 Å². The van der Waals surface area contributed by atoms with E-state index in [0.717, 1.165) is 48.8 Å². The fourth-order valence-corrected chi connectivity index (χ4v) is 2.51. The molecule has 1 fully saturated rings. The van der Waals surface area contributed by atoms with Crippen LogP contribution in [0, 0.1) is 0 Å². The van der Waals surface area contributed by atoms with Gasteiger partial charge in [0.25, 0.3) is 0 Å². The smallest absolute Gasteiger partial charge is 0.236 e. The van der Waals surface area contributed by atoms with Gasteiger partial charge in [0.05, 0.1) is 11.7 Å². The standard InChI is InChI=1S/C13H14N6/c1-3-15-9-10-11(1)19-6-2-12(17-13(19)16-10)18-7-4-14-5-8-18/h1-3,6,9,14H,4-5,7-8H2. The maximum absolute atomic E-state index is 4.66. The first-order valence-corrected chi connectivity index (χ1v) is 6.46. The number of aromatic nitrogens is 4. The summed E-state index contributed by atoms with van der Waals surface area (Å²) >= 11 is 0. The fourth-order valence-electron chi connectivity index (χ4n) is 2.51. The fraction of sp³-hybridized carbons (Fsp3) is 0.308. The summed E-state index contributed by atoms with van der Waals surface area (Å²) in [5.74, 6) is 1.73. The molecule has 0 atom stereocenters. The predicted molar refractivity (Wildman–Crippen MR) is 73.4 cm³/mol. The average molecular weight is 254 g/mol. The molecule has 1 saturated heterocycles. The van der Waals surface area contributed by atoms with Crippen molar-refractivity contribution < 1.29 is 0 Å². The minimum absolute atomic E-state index is 0.735. The van der Waals surface area contributed by atoms with Gasteiger partial charge in [-0.2, -0.15) is 4.98 Å². The molecule has 0 saturated carbocycles. The highest BCUT2D eigenvalue weighted by atomic mass is 15.3. The lowest BCUT2D eigenvalue weighted by atomic mass is 10.3. The molecular formula is C13H14N6. The molecule has 0 unspecified atom stereocenters. The number of pyridine rings is 1. The van der Waals surface area contributed by atoms with E-state index >= 15 is 0 Å². The Hall–Kier alpha value is -2.21. The van der Waals surface area contributed by atoms with Crippen molar-refractivity contribution in [1.82, 2.24) is 24.7 Å². The van der Waals surface area contributed by atoms with Gasteiger partial charge >= 0.3 is 0 Å². The van der Waals surface area contributed by atoms with Crippen molar-refractivity contribution in [2.75, 3.05) is 31.1 Å². The minimum atomic E-state index is 0.735. The highest BCUT2D eigenvalue weighted by Gasteiger charge is 2.13. The number of anilines is 1. The van der Waals surface area contributed by atoms with Crippen LogP contribution in [0.3, 0.4) is 0 Å². The Balaban J connectivity index is 1.84. The first-order valence-electron chi connectivity index (χ1n) is 6.46. The second-order valence-electron chi connectivity index (χ2n) is 4.67. The summed E-state index contributed by atoms with van der Waals surface area (Å²) in [4.78, 5) is 15.6. The topological polar surface area (TPSA) is 58.4 Å². The minimum Gasteiger partial charge on any atom is -0.354 e. The van der Waals surface area contributed by atoms with Crippen molar-refractivity contribution in [3.8, 4) is 0 Å². The maximum atomic E-state index is 4.66. The van der Waals surface area contributed by atoms with Crippen LogP contribution >= 0.6 is 0 Å². The van der Waals surface area contributed by atoms with Crippen LogP contribution in [0.15, 0.2) is 30.7 Å². The third-order valence-corrected chi connectivity index (χ3v) is 3.50. The molecule has 1 aliphatic heterocycles. The normalized spacial score (nSPS) is 16.3. The quantitative estimate of drug-likeness (QED) is 0.692. The first-order chi connectivity index (χ1) is 9.42. The van der Waals surface area contributed by atoms with Gasteiger partial charge in [0.2, 0.25) is 5.78 Å². The molecule has 19 heavy (non-hydrogen) atoms. The third-order valence-electron chi connectivity index (χ3n) is 3.50. The van der Waals surface area contributed by atoms with E-state index < -0.39 is 0 Å². The first kappa shape index (κ1) is 10.7. The van der Waals surface area contributed by atoms with Crippen LogP contribution in [0.4, 0.5) is 5.82 Å². The SMILES string of the molecule is c1cc2c(cn1)nc1nc(N3CCNCC3)ccn12. The van der Waals surface area contributed by atoms with E-state index in [1.807, 2.05) is 16.7 Å². The monoisotopic (exact) mass is 254 g/mol. The van der Waals surface area contributed by atoms with Crippen LogP contribution in [0.1, 0.15) is 0 Å². The van der Waals surface area contributed by atoms with Gasteiger partial charge < -0.3 is 10.2 Å². The third kappa shape index (κ3) is 1.72. The number of piperazine rings is 1. The summed E-state index contributed by atoms with van der Waals surface area (Å²) in [5.41, 5.74) is 1.93. The molecule has 0 aromatic carbocycles. The lowest BCUT2D eigenvalue weighted by Gasteiger charge is -2.28. The molecule has 0 bridgehead atoms. The predicted octanol–water partition coefficient (Wildman–Crippen LogP) is 0.687. The lowest BCUT2D eigenvalue weighted by Crippen LogP contribution is -2.43. The zero-order chi connectivity index (χ0) is 12.7. The molecule has 0 amide bonds. The largest absolute Gasteiger partial charge is 0.354 e. The molecule has 96 valence electrons. The van der Waals surface area contributed by atoms with Crippen molar-refractivity contribution in [2.45, 2.75) is 0 Å². The maximum Gasteiger partial charge on any atom is 0.236 e. The van der Waals surface area contributed by atoms with Gasteiger partial charge in [-0.15, -0.1) is 0 Å². The Morgan fingerprint density at radius 2 is 2.00 bits per heavy atom. The number of imidazole rings is 1. The molecular weight excluding hydrogens is 240 g/mol. The van der Waals surface area contributed by atoms with Crippen molar-refractivity contribution >= 4 is 22.6 Å². The van der Waals surface area contributed by atoms with Crippen molar-refractivity contribution in [1.29, 1.82) is 0 Å². The molecule has 0 aliphatic carbocycles. The molecule has 3 aromatic rings. The average Bonchev–Trinajstić information content (AvgIpc) is 2.86. The van der Waals surface area contributed by atoms with Gasteiger partial charge in [0, 0.05) is 38.6 Å². The number of fused-ring (bicyclic) bond motifs is 3. The van der Waals surface area contributed by atoms with E-state index in [4.69, 9.17) is 0 Å². The Labute approximate surface area is 110 Å². The number of nitrogens with one attached hydrogen (secondary N) is 1. The van der Waals surface area contributed by atoms with Gasteiger partial charge in [-0.05, 0) is 12.1 Å². The zero-order valence-electron chi connectivity index (χ0n) is 10.5. The molecule has 4 heterocycles. The Morgan fingerprint density at radius 3 is 2.89 bits per heavy atom. The summed E-state index contributed by atoms with van der Waals surface area (Å²) in [6, 6.07) is 4.02. The molecule has 4 rings (SSSR count).